The molecule has 3 fully saturated rings. The molecule has 2 aliphatic carbocycles. The number of rotatable bonds is 2. The Morgan fingerprint density at radius 2 is 2.00 bits per heavy atom. The Labute approximate surface area is 98.3 Å². The van der Waals surface area contributed by atoms with Crippen molar-refractivity contribution in [3.8, 4) is 0 Å². The summed E-state index contributed by atoms with van der Waals surface area (Å²) in [7, 11) is 0. The molecule has 92 valence electrons. The zero-order valence-corrected chi connectivity index (χ0v) is 10.2. The summed E-state index contributed by atoms with van der Waals surface area (Å²) in [6.07, 6.45) is 9.59. The lowest BCUT2D eigenvalue weighted by Gasteiger charge is -2.49. The molecule has 3 rings (SSSR count). The first-order valence-corrected chi connectivity index (χ1v) is 6.91. The first-order valence-electron chi connectivity index (χ1n) is 6.91. The van der Waals surface area contributed by atoms with Gasteiger partial charge in [-0.2, -0.15) is 0 Å². The number of ether oxygens (including phenoxy) is 1. The first-order chi connectivity index (χ1) is 7.77. The zero-order valence-electron chi connectivity index (χ0n) is 10.2. The van der Waals surface area contributed by atoms with Crippen LogP contribution in [0.4, 0.5) is 0 Å². The minimum absolute atomic E-state index is 0.138. The smallest absolute Gasteiger partial charge is 0.0730 e. The van der Waals surface area contributed by atoms with E-state index in [4.69, 9.17) is 10.5 Å². The molecule has 3 nitrogen and oxygen atoms in total. The second-order valence-corrected chi connectivity index (χ2v) is 5.95. The number of fused-ring (bicyclic) bond motifs is 1. The van der Waals surface area contributed by atoms with E-state index in [2.05, 4.69) is 4.90 Å². The van der Waals surface area contributed by atoms with Gasteiger partial charge in [-0.05, 0) is 32.1 Å². The average Bonchev–Trinajstić information content (AvgIpc) is 2.27. The lowest BCUT2D eigenvalue weighted by Crippen LogP contribution is -2.61. The quantitative estimate of drug-likeness (QED) is 0.772. The Kier molecular flexibility index (Phi) is 2.94. The van der Waals surface area contributed by atoms with E-state index in [9.17, 15) is 0 Å². The van der Waals surface area contributed by atoms with Crippen molar-refractivity contribution in [3.63, 3.8) is 0 Å². The summed E-state index contributed by atoms with van der Waals surface area (Å²) in [5.41, 5.74) is 6.51. The van der Waals surface area contributed by atoms with E-state index >= 15 is 0 Å². The monoisotopic (exact) mass is 224 g/mol. The van der Waals surface area contributed by atoms with Crippen LogP contribution in [0.25, 0.3) is 0 Å². The number of hydrogen-bond donors (Lipinski definition) is 1. The molecule has 1 heterocycles. The Bertz CT molecular complexity index is 250. The highest BCUT2D eigenvalue weighted by atomic mass is 16.5. The molecule has 16 heavy (non-hydrogen) atoms. The molecule has 1 aliphatic heterocycles. The molecule has 0 amide bonds. The first kappa shape index (κ1) is 11.0. The zero-order chi connectivity index (χ0) is 11.0. The van der Waals surface area contributed by atoms with E-state index in [0.29, 0.717) is 12.1 Å². The van der Waals surface area contributed by atoms with Gasteiger partial charge in [0.1, 0.15) is 0 Å². The molecule has 0 radical (unpaired) electrons. The number of morpholine rings is 1. The van der Waals surface area contributed by atoms with Gasteiger partial charge in [-0.1, -0.05) is 12.8 Å². The molecular weight excluding hydrogens is 200 g/mol. The van der Waals surface area contributed by atoms with Crippen LogP contribution in [0.3, 0.4) is 0 Å². The molecule has 2 unspecified atom stereocenters. The maximum atomic E-state index is 6.37. The molecule has 1 saturated heterocycles. The third-order valence-corrected chi connectivity index (χ3v) is 4.71. The van der Waals surface area contributed by atoms with Crippen molar-refractivity contribution in [1.29, 1.82) is 0 Å². The molecule has 0 aromatic heterocycles. The molecule has 0 bridgehead atoms. The van der Waals surface area contributed by atoms with Gasteiger partial charge in [-0.3, -0.25) is 4.90 Å². The van der Waals surface area contributed by atoms with Gasteiger partial charge in [0.15, 0.2) is 0 Å². The lowest BCUT2D eigenvalue weighted by molar-refractivity contribution is -0.0968. The highest BCUT2D eigenvalue weighted by Crippen LogP contribution is 2.34. The second-order valence-electron chi connectivity index (χ2n) is 5.95. The number of nitrogens with two attached hydrogens (primary N) is 1. The van der Waals surface area contributed by atoms with Crippen LogP contribution < -0.4 is 5.73 Å². The topological polar surface area (TPSA) is 38.5 Å². The lowest BCUT2D eigenvalue weighted by atomic mass is 9.76. The summed E-state index contributed by atoms with van der Waals surface area (Å²) < 4.78 is 5.90. The van der Waals surface area contributed by atoms with Crippen LogP contribution in [0.1, 0.15) is 44.9 Å². The van der Waals surface area contributed by atoms with Crippen LogP contribution in [0.15, 0.2) is 0 Å². The van der Waals surface area contributed by atoms with Crippen molar-refractivity contribution in [2.45, 2.75) is 62.6 Å². The highest BCUT2D eigenvalue weighted by molar-refractivity contribution is 4.98. The Morgan fingerprint density at radius 1 is 1.19 bits per heavy atom. The van der Waals surface area contributed by atoms with E-state index in [1.54, 1.807) is 0 Å². The molecule has 2 N–H and O–H groups in total. The molecule has 0 spiro atoms. The van der Waals surface area contributed by atoms with Gasteiger partial charge < -0.3 is 10.5 Å². The van der Waals surface area contributed by atoms with Crippen molar-refractivity contribution in [2.24, 2.45) is 5.73 Å². The van der Waals surface area contributed by atoms with Gasteiger partial charge in [-0.25, -0.2) is 0 Å². The Balaban J connectivity index is 1.63. The fraction of sp³-hybridized carbons (Fsp3) is 1.00. The second kappa shape index (κ2) is 4.28. The molecule has 3 aliphatic rings. The minimum Gasteiger partial charge on any atom is -0.375 e. The van der Waals surface area contributed by atoms with E-state index < -0.39 is 0 Å². The largest absolute Gasteiger partial charge is 0.375 e. The molecular formula is C13H24N2O. The van der Waals surface area contributed by atoms with Crippen molar-refractivity contribution >= 4 is 0 Å². The van der Waals surface area contributed by atoms with Crippen LogP contribution in [-0.4, -0.2) is 42.3 Å². The molecule has 0 aromatic rings. The third-order valence-electron chi connectivity index (χ3n) is 4.71. The summed E-state index contributed by atoms with van der Waals surface area (Å²) in [5.74, 6) is 0. The van der Waals surface area contributed by atoms with Gasteiger partial charge in [0.2, 0.25) is 0 Å². The van der Waals surface area contributed by atoms with Crippen molar-refractivity contribution in [2.75, 3.05) is 19.7 Å². The maximum Gasteiger partial charge on any atom is 0.0730 e. The van der Waals surface area contributed by atoms with Gasteiger partial charge in [-0.15, -0.1) is 0 Å². The van der Waals surface area contributed by atoms with Crippen molar-refractivity contribution in [3.05, 3.63) is 0 Å². The molecule has 0 aromatic carbocycles. The predicted octanol–water partition coefficient (Wildman–Crippen LogP) is 1.51. The summed E-state index contributed by atoms with van der Waals surface area (Å²) in [5, 5.41) is 0. The fourth-order valence-electron chi connectivity index (χ4n) is 3.57. The molecule has 2 atom stereocenters. The predicted molar refractivity (Wildman–Crippen MR) is 64.3 cm³/mol. The van der Waals surface area contributed by atoms with Gasteiger partial charge >= 0.3 is 0 Å². The molecule has 2 saturated carbocycles. The number of hydrogen-bond acceptors (Lipinski definition) is 3. The minimum atomic E-state index is 0.138. The van der Waals surface area contributed by atoms with Crippen LogP contribution in [0, 0.1) is 0 Å². The Morgan fingerprint density at radius 3 is 2.75 bits per heavy atom. The highest BCUT2D eigenvalue weighted by Gasteiger charge is 2.40. The standard InChI is InChI=1S/C13H24N2O/c14-13(6-3-7-13)10-15-8-9-16-12-5-2-1-4-11(12)15/h11-12H,1-10,14H2. The SMILES string of the molecule is NC1(CN2CCOC3CCCCC32)CCC1. The Hall–Kier alpha value is -0.120. The summed E-state index contributed by atoms with van der Waals surface area (Å²) in [4.78, 5) is 2.63. The van der Waals surface area contributed by atoms with Crippen LogP contribution in [0.2, 0.25) is 0 Å². The van der Waals surface area contributed by atoms with Gasteiger partial charge in [0.25, 0.3) is 0 Å². The summed E-state index contributed by atoms with van der Waals surface area (Å²) in [6.45, 7) is 3.12. The van der Waals surface area contributed by atoms with Crippen LogP contribution in [0.5, 0.6) is 0 Å². The normalized spacial score (nSPS) is 38.8. The number of nitrogens with zero attached hydrogens (tertiary/aromatic N) is 1. The van der Waals surface area contributed by atoms with E-state index in [-0.39, 0.29) is 5.54 Å². The summed E-state index contributed by atoms with van der Waals surface area (Å²) in [6, 6.07) is 0.670. The van der Waals surface area contributed by atoms with E-state index in [1.807, 2.05) is 0 Å². The average molecular weight is 224 g/mol. The van der Waals surface area contributed by atoms with Crippen molar-refractivity contribution in [1.82, 2.24) is 4.90 Å². The third kappa shape index (κ3) is 2.01. The van der Waals surface area contributed by atoms with E-state index in [0.717, 1.165) is 19.7 Å². The van der Waals surface area contributed by atoms with Gasteiger partial charge in [0.05, 0.1) is 12.7 Å². The van der Waals surface area contributed by atoms with E-state index in [1.165, 1.54) is 44.9 Å². The maximum absolute atomic E-state index is 6.37. The van der Waals surface area contributed by atoms with Crippen LogP contribution >= 0.6 is 0 Å². The fourth-order valence-corrected chi connectivity index (χ4v) is 3.57. The van der Waals surface area contributed by atoms with Crippen LogP contribution in [-0.2, 0) is 4.74 Å². The summed E-state index contributed by atoms with van der Waals surface area (Å²) >= 11 is 0. The van der Waals surface area contributed by atoms with Gasteiger partial charge in [0, 0.05) is 24.7 Å². The van der Waals surface area contributed by atoms with Crippen molar-refractivity contribution < 1.29 is 4.74 Å². The molecule has 3 heteroatoms.